The normalized spacial score (nSPS) is 12.0. The van der Waals surface area contributed by atoms with E-state index in [0.717, 1.165) is 17.9 Å². The average molecular weight is 489 g/mol. The number of hydrogen-bond donors (Lipinski definition) is 1. The lowest BCUT2D eigenvalue weighted by molar-refractivity contribution is -0.113. The van der Waals surface area contributed by atoms with Gasteiger partial charge in [-0.05, 0) is 61.7 Å². The van der Waals surface area contributed by atoms with Crippen molar-refractivity contribution in [1.82, 2.24) is 14.8 Å². The number of rotatable bonds is 10. The lowest BCUT2D eigenvalue weighted by Crippen LogP contribution is -2.17. The molecule has 0 aliphatic carbocycles. The first kappa shape index (κ1) is 24.9. The smallest absolute Gasteiger partial charge is 0.234 e. The molecule has 2 aromatic carbocycles. The van der Waals surface area contributed by atoms with E-state index in [9.17, 15) is 4.79 Å². The minimum absolute atomic E-state index is 0.136. The molecule has 1 aromatic heterocycles. The summed E-state index contributed by atoms with van der Waals surface area (Å²) in [4.78, 5) is 12.5. The predicted octanol–water partition coefficient (Wildman–Crippen LogP) is 5.78. The highest BCUT2D eigenvalue weighted by atomic mass is 35.5. The molecule has 1 amide bonds. The van der Waals surface area contributed by atoms with Gasteiger partial charge in [0.2, 0.25) is 5.91 Å². The number of hydrogen-bond acceptors (Lipinski definition) is 6. The van der Waals surface area contributed by atoms with Gasteiger partial charge >= 0.3 is 0 Å². The van der Waals surface area contributed by atoms with Crippen molar-refractivity contribution >= 4 is 35.0 Å². The Balaban J connectivity index is 1.68. The summed E-state index contributed by atoms with van der Waals surface area (Å²) in [5, 5.41) is 12.9. The Morgan fingerprint density at radius 1 is 1.12 bits per heavy atom. The average Bonchev–Trinajstić information content (AvgIpc) is 3.17. The highest BCUT2D eigenvalue weighted by Crippen LogP contribution is 2.27. The minimum atomic E-state index is -0.317. The van der Waals surface area contributed by atoms with Gasteiger partial charge < -0.3 is 19.4 Å². The second-order valence-electron chi connectivity index (χ2n) is 8.08. The van der Waals surface area contributed by atoms with Crippen LogP contribution in [0.25, 0.3) is 0 Å². The lowest BCUT2D eigenvalue weighted by atomic mass is 10.2. The second kappa shape index (κ2) is 11.4. The molecule has 1 unspecified atom stereocenters. The van der Waals surface area contributed by atoms with Crippen molar-refractivity contribution in [3.8, 4) is 11.5 Å². The molecule has 1 heterocycles. The number of anilines is 1. The van der Waals surface area contributed by atoms with E-state index in [-0.39, 0.29) is 17.8 Å². The zero-order valence-electron chi connectivity index (χ0n) is 19.5. The molecule has 0 radical (unpaired) electrons. The summed E-state index contributed by atoms with van der Waals surface area (Å²) in [6, 6.07) is 12.9. The van der Waals surface area contributed by atoms with Gasteiger partial charge in [-0.15, -0.1) is 10.2 Å². The molecule has 0 bridgehead atoms. The van der Waals surface area contributed by atoms with Crippen LogP contribution in [-0.2, 0) is 11.3 Å². The highest BCUT2D eigenvalue weighted by molar-refractivity contribution is 7.99. The number of benzene rings is 2. The van der Waals surface area contributed by atoms with E-state index in [0.29, 0.717) is 33.4 Å². The third-order valence-electron chi connectivity index (χ3n) is 4.82. The van der Waals surface area contributed by atoms with Crippen LogP contribution < -0.4 is 14.8 Å². The van der Waals surface area contributed by atoms with Gasteiger partial charge in [-0.3, -0.25) is 4.79 Å². The van der Waals surface area contributed by atoms with Crippen molar-refractivity contribution in [1.29, 1.82) is 0 Å². The molecular weight excluding hydrogens is 460 g/mol. The van der Waals surface area contributed by atoms with E-state index in [4.69, 9.17) is 21.1 Å². The van der Waals surface area contributed by atoms with Crippen LogP contribution in [0, 0.1) is 12.8 Å². The van der Waals surface area contributed by atoms with Gasteiger partial charge in [0, 0.05) is 17.3 Å². The van der Waals surface area contributed by atoms with E-state index in [2.05, 4.69) is 29.4 Å². The van der Waals surface area contributed by atoms with E-state index >= 15 is 0 Å². The Morgan fingerprint density at radius 2 is 1.82 bits per heavy atom. The maximum absolute atomic E-state index is 12.5. The molecule has 0 aliphatic heterocycles. The van der Waals surface area contributed by atoms with Crippen molar-refractivity contribution in [2.75, 3.05) is 18.2 Å². The molecule has 0 spiro atoms. The molecule has 33 heavy (non-hydrogen) atoms. The van der Waals surface area contributed by atoms with E-state index in [1.807, 2.05) is 54.8 Å². The number of carbonyl (C=O) groups excluding carboxylic acids is 1. The first-order valence-electron chi connectivity index (χ1n) is 10.7. The summed E-state index contributed by atoms with van der Waals surface area (Å²) in [5.41, 5.74) is 1.63. The van der Waals surface area contributed by atoms with E-state index in [1.165, 1.54) is 11.8 Å². The fourth-order valence-corrected chi connectivity index (χ4v) is 4.09. The van der Waals surface area contributed by atoms with Crippen LogP contribution in [-0.4, -0.2) is 33.5 Å². The fourth-order valence-electron chi connectivity index (χ4n) is 3.15. The molecule has 1 N–H and O–H groups in total. The molecule has 0 saturated heterocycles. The molecule has 9 heteroatoms. The summed E-state index contributed by atoms with van der Waals surface area (Å²) in [6.45, 7) is 8.83. The standard InChI is InChI=1S/C24H29ClN4O3S/c1-15(2)13-29-23(17(4)32-20-10-8-19(31-5)9-11-20)27-28-24(29)33-14-22(30)26-18-7-6-16(3)21(25)12-18/h6-12,15,17H,13-14H2,1-5H3,(H,26,30). The Labute approximate surface area is 203 Å². The van der Waals surface area contributed by atoms with Crippen LogP contribution in [0.4, 0.5) is 5.69 Å². The molecule has 1 atom stereocenters. The molecule has 3 aromatic rings. The summed E-state index contributed by atoms with van der Waals surface area (Å²) >= 11 is 7.49. The Hall–Kier alpha value is -2.71. The van der Waals surface area contributed by atoms with Crippen LogP contribution in [0.1, 0.15) is 38.3 Å². The maximum Gasteiger partial charge on any atom is 0.234 e. The van der Waals surface area contributed by atoms with Crippen LogP contribution >= 0.6 is 23.4 Å². The number of methoxy groups -OCH3 is 1. The molecule has 0 saturated carbocycles. The van der Waals surface area contributed by atoms with Gasteiger partial charge in [0.15, 0.2) is 17.1 Å². The van der Waals surface area contributed by atoms with Crippen molar-refractivity contribution in [3.05, 3.63) is 58.9 Å². The molecule has 3 rings (SSSR count). The lowest BCUT2D eigenvalue weighted by Gasteiger charge is -2.18. The summed E-state index contributed by atoms with van der Waals surface area (Å²) in [6.07, 6.45) is -0.317. The molecule has 0 aliphatic rings. The summed E-state index contributed by atoms with van der Waals surface area (Å²) in [7, 11) is 1.63. The van der Waals surface area contributed by atoms with Gasteiger partial charge in [-0.2, -0.15) is 0 Å². The zero-order chi connectivity index (χ0) is 24.0. The van der Waals surface area contributed by atoms with E-state index < -0.39 is 0 Å². The Morgan fingerprint density at radius 3 is 2.45 bits per heavy atom. The topological polar surface area (TPSA) is 78.3 Å². The molecule has 7 nitrogen and oxygen atoms in total. The molecular formula is C24H29ClN4O3S. The number of nitrogens with one attached hydrogen (secondary N) is 1. The Kier molecular flexibility index (Phi) is 8.63. The third-order valence-corrected chi connectivity index (χ3v) is 6.19. The summed E-state index contributed by atoms with van der Waals surface area (Å²) in [5.74, 6) is 2.64. The molecule has 176 valence electrons. The van der Waals surface area contributed by atoms with Gasteiger partial charge in [-0.25, -0.2) is 0 Å². The first-order chi connectivity index (χ1) is 15.8. The monoisotopic (exact) mass is 488 g/mol. The first-order valence-corrected chi connectivity index (χ1v) is 12.1. The summed E-state index contributed by atoms with van der Waals surface area (Å²) < 4.78 is 13.3. The number of nitrogens with zero attached hydrogens (tertiary/aromatic N) is 3. The largest absolute Gasteiger partial charge is 0.497 e. The number of carbonyl (C=O) groups is 1. The van der Waals surface area contributed by atoms with Crippen molar-refractivity contribution in [2.24, 2.45) is 5.92 Å². The number of ether oxygens (including phenoxy) is 2. The SMILES string of the molecule is COc1ccc(OC(C)c2nnc(SCC(=O)Nc3ccc(C)c(Cl)c3)n2CC(C)C)cc1. The van der Waals surface area contributed by atoms with Crippen molar-refractivity contribution in [2.45, 2.75) is 45.5 Å². The van der Waals surface area contributed by atoms with Crippen LogP contribution in [0.2, 0.25) is 5.02 Å². The zero-order valence-corrected chi connectivity index (χ0v) is 21.0. The van der Waals surface area contributed by atoms with Crippen molar-refractivity contribution in [3.63, 3.8) is 0 Å². The van der Waals surface area contributed by atoms with Crippen LogP contribution in [0.3, 0.4) is 0 Å². The molecule has 0 fully saturated rings. The third kappa shape index (κ3) is 6.88. The number of thioether (sulfide) groups is 1. The van der Waals surface area contributed by atoms with Crippen molar-refractivity contribution < 1.29 is 14.3 Å². The fraction of sp³-hybridized carbons (Fsp3) is 0.375. The number of amides is 1. The predicted molar refractivity (Wildman–Crippen MR) is 132 cm³/mol. The van der Waals surface area contributed by atoms with E-state index in [1.54, 1.807) is 13.2 Å². The number of halogens is 1. The quantitative estimate of drug-likeness (QED) is 0.365. The van der Waals surface area contributed by atoms with Gasteiger partial charge in [0.1, 0.15) is 11.5 Å². The second-order valence-corrected chi connectivity index (χ2v) is 9.43. The van der Waals surface area contributed by atoms with Crippen LogP contribution in [0.15, 0.2) is 47.6 Å². The van der Waals surface area contributed by atoms with Gasteiger partial charge in [0.25, 0.3) is 0 Å². The number of aromatic nitrogens is 3. The van der Waals surface area contributed by atoms with Gasteiger partial charge in [0.05, 0.1) is 12.9 Å². The Bertz CT molecular complexity index is 1090. The highest BCUT2D eigenvalue weighted by Gasteiger charge is 2.21. The van der Waals surface area contributed by atoms with Crippen LogP contribution in [0.5, 0.6) is 11.5 Å². The maximum atomic E-state index is 12.5. The van der Waals surface area contributed by atoms with Gasteiger partial charge in [-0.1, -0.05) is 43.3 Å². The number of aryl methyl sites for hydroxylation is 1. The minimum Gasteiger partial charge on any atom is -0.497 e.